The summed E-state index contributed by atoms with van der Waals surface area (Å²) >= 11 is 0. The van der Waals surface area contributed by atoms with Crippen LogP contribution in [0.1, 0.15) is 20.3 Å². The van der Waals surface area contributed by atoms with Crippen molar-refractivity contribution >= 4 is 23.3 Å². The number of carbonyl (C=O) groups is 2. The van der Waals surface area contributed by atoms with Gasteiger partial charge < -0.3 is 22.1 Å². The second-order valence-corrected chi connectivity index (χ2v) is 4.47. The van der Waals surface area contributed by atoms with Gasteiger partial charge in [-0.2, -0.15) is 0 Å². The topological polar surface area (TPSA) is 110 Å². The molecular weight excluding hydrogens is 244 g/mol. The number of nitrogens with two attached hydrogens (primary N) is 2. The molecule has 3 amide bonds. The van der Waals surface area contributed by atoms with E-state index < -0.39 is 12.1 Å². The van der Waals surface area contributed by atoms with Crippen LogP contribution in [0.3, 0.4) is 0 Å². The first kappa shape index (κ1) is 15.0. The van der Waals surface area contributed by atoms with Crippen molar-refractivity contribution in [2.24, 2.45) is 17.4 Å². The first-order chi connectivity index (χ1) is 8.93. The summed E-state index contributed by atoms with van der Waals surface area (Å²) in [5.41, 5.74) is 11.9. The second-order valence-electron chi connectivity index (χ2n) is 4.47. The average molecular weight is 264 g/mol. The van der Waals surface area contributed by atoms with E-state index >= 15 is 0 Å². The van der Waals surface area contributed by atoms with Crippen molar-refractivity contribution in [2.45, 2.75) is 26.3 Å². The molecule has 0 aliphatic carbocycles. The van der Waals surface area contributed by atoms with Crippen LogP contribution in [0.15, 0.2) is 24.3 Å². The van der Waals surface area contributed by atoms with E-state index in [9.17, 15) is 9.59 Å². The molecule has 6 N–H and O–H groups in total. The number of benzene rings is 1. The Morgan fingerprint density at radius 2 is 1.84 bits per heavy atom. The van der Waals surface area contributed by atoms with Gasteiger partial charge in [-0.15, -0.1) is 0 Å². The smallest absolute Gasteiger partial charge is 0.316 e. The van der Waals surface area contributed by atoms with Crippen molar-refractivity contribution in [1.82, 2.24) is 0 Å². The van der Waals surface area contributed by atoms with Gasteiger partial charge in [0.05, 0.1) is 6.04 Å². The van der Waals surface area contributed by atoms with Crippen LogP contribution in [0, 0.1) is 5.92 Å². The number of anilines is 2. The van der Waals surface area contributed by atoms with E-state index in [1.165, 1.54) is 0 Å². The van der Waals surface area contributed by atoms with E-state index in [-0.39, 0.29) is 11.8 Å². The van der Waals surface area contributed by atoms with Gasteiger partial charge in [0.15, 0.2) is 0 Å². The Hall–Kier alpha value is -2.08. The minimum atomic E-state index is -0.653. The molecule has 0 aromatic heterocycles. The van der Waals surface area contributed by atoms with E-state index in [1.807, 2.05) is 13.8 Å². The summed E-state index contributed by atoms with van der Waals surface area (Å²) in [4.78, 5) is 22.6. The molecule has 104 valence electrons. The molecule has 0 saturated carbocycles. The molecule has 0 aliphatic heterocycles. The van der Waals surface area contributed by atoms with E-state index in [4.69, 9.17) is 11.5 Å². The largest absolute Gasteiger partial charge is 0.351 e. The van der Waals surface area contributed by atoms with Crippen molar-refractivity contribution in [3.63, 3.8) is 0 Å². The van der Waals surface area contributed by atoms with Crippen LogP contribution >= 0.6 is 0 Å². The summed E-state index contributed by atoms with van der Waals surface area (Å²) in [6.45, 7) is 3.91. The molecule has 6 nitrogen and oxygen atoms in total. The molecule has 0 radical (unpaired) electrons. The van der Waals surface area contributed by atoms with E-state index in [2.05, 4.69) is 10.6 Å². The van der Waals surface area contributed by atoms with Gasteiger partial charge in [-0.3, -0.25) is 4.79 Å². The monoisotopic (exact) mass is 264 g/mol. The number of hydrogen-bond acceptors (Lipinski definition) is 3. The lowest BCUT2D eigenvalue weighted by molar-refractivity contribution is -0.118. The van der Waals surface area contributed by atoms with Crippen molar-refractivity contribution < 1.29 is 9.59 Å². The van der Waals surface area contributed by atoms with Gasteiger partial charge in [0.2, 0.25) is 5.91 Å². The third-order valence-electron chi connectivity index (χ3n) is 2.96. The summed E-state index contributed by atoms with van der Waals surface area (Å²) in [7, 11) is 0. The summed E-state index contributed by atoms with van der Waals surface area (Å²) in [5.74, 6) is -0.141. The van der Waals surface area contributed by atoms with Gasteiger partial charge in [0, 0.05) is 11.4 Å². The number of urea groups is 1. The Labute approximate surface area is 112 Å². The van der Waals surface area contributed by atoms with E-state index in [1.54, 1.807) is 24.3 Å². The van der Waals surface area contributed by atoms with Crippen molar-refractivity contribution in [2.75, 3.05) is 10.6 Å². The fraction of sp³-hybridized carbons (Fsp3) is 0.385. The van der Waals surface area contributed by atoms with Gasteiger partial charge in [-0.05, 0) is 24.1 Å². The molecule has 0 heterocycles. The maximum Gasteiger partial charge on any atom is 0.316 e. The molecule has 0 fully saturated rings. The fourth-order valence-corrected chi connectivity index (χ4v) is 1.55. The van der Waals surface area contributed by atoms with Crippen LogP contribution in [0.25, 0.3) is 0 Å². The quantitative estimate of drug-likeness (QED) is 0.646. The van der Waals surface area contributed by atoms with Gasteiger partial charge in [-0.1, -0.05) is 26.3 Å². The van der Waals surface area contributed by atoms with Gasteiger partial charge in [0.25, 0.3) is 0 Å². The third-order valence-corrected chi connectivity index (χ3v) is 2.96. The van der Waals surface area contributed by atoms with Crippen LogP contribution < -0.4 is 22.1 Å². The zero-order chi connectivity index (χ0) is 14.4. The van der Waals surface area contributed by atoms with Crippen molar-refractivity contribution in [3.05, 3.63) is 24.3 Å². The lowest BCUT2D eigenvalue weighted by Crippen LogP contribution is -2.40. The van der Waals surface area contributed by atoms with Gasteiger partial charge >= 0.3 is 6.03 Å². The first-order valence-electron chi connectivity index (χ1n) is 6.17. The molecule has 0 aliphatic rings. The first-order valence-corrected chi connectivity index (χ1v) is 6.17. The predicted octanol–water partition coefficient (Wildman–Crippen LogP) is 1.49. The standard InChI is InChI=1S/C13H20N4O2/c1-3-8(2)11(14)12(18)16-9-5-4-6-10(7-9)17-13(15)19/h4-8,11H,3,14H2,1-2H3,(H,16,18)(H3,15,17,19)/t8?,11-/m0/s1. The van der Waals surface area contributed by atoms with Crippen LogP contribution in [-0.2, 0) is 4.79 Å². The second kappa shape index (κ2) is 6.75. The molecule has 1 aromatic carbocycles. The number of rotatable bonds is 5. The minimum Gasteiger partial charge on any atom is -0.351 e. The summed E-state index contributed by atoms with van der Waals surface area (Å²) in [6.07, 6.45) is 0.831. The third kappa shape index (κ3) is 4.59. The molecule has 0 spiro atoms. The molecule has 2 atom stereocenters. The van der Waals surface area contributed by atoms with Crippen LogP contribution in [0.5, 0.6) is 0 Å². The summed E-state index contributed by atoms with van der Waals surface area (Å²) in [5, 5.41) is 5.15. The zero-order valence-electron chi connectivity index (χ0n) is 11.1. The zero-order valence-corrected chi connectivity index (χ0v) is 11.1. The lowest BCUT2D eigenvalue weighted by atomic mass is 9.99. The number of nitrogens with one attached hydrogen (secondary N) is 2. The Balaban J connectivity index is 2.71. The molecule has 0 saturated heterocycles. The lowest BCUT2D eigenvalue weighted by Gasteiger charge is -2.18. The van der Waals surface area contributed by atoms with E-state index in [0.717, 1.165) is 6.42 Å². The Morgan fingerprint density at radius 3 is 2.37 bits per heavy atom. The van der Waals surface area contributed by atoms with Gasteiger partial charge in [0.1, 0.15) is 0 Å². The SMILES string of the molecule is CCC(C)[C@H](N)C(=O)Nc1cccc(NC(N)=O)c1. The number of amides is 3. The van der Waals surface area contributed by atoms with Crippen molar-refractivity contribution in [3.8, 4) is 0 Å². The molecule has 6 heteroatoms. The molecular formula is C13H20N4O2. The maximum absolute atomic E-state index is 11.9. The normalized spacial score (nSPS) is 13.4. The highest BCUT2D eigenvalue weighted by atomic mass is 16.2. The number of carbonyl (C=O) groups excluding carboxylic acids is 2. The Kier molecular flexibility index (Phi) is 5.32. The molecule has 19 heavy (non-hydrogen) atoms. The molecule has 1 rings (SSSR count). The summed E-state index contributed by atoms with van der Waals surface area (Å²) in [6, 6.07) is 5.50. The predicted molar refractivity (Wildman–Crippen MR) is 75.7 cm³/mol. The Morgan fingerprint density at radius 1 is 1.26 bits per heavy atom. The van der Waals surface area contributed by atoms with Crippen molar-refractivity contribution in [1.29, 1.82) is 0 Å². The van der Waals surface area contributed by atoms with Crippen LogP contribution in [0.2, 0.25) is 0 Å². The molecule has 1 aromatic rings. The number of hydrogen-bond donors (Lipinski definition) is 4. The van der Waals surface area contributed by atoms with Crippen LogP contribution in [0.4, 0.5) is 16.2 Å². The Bertz CT molecular complexity index is 462. The highest BCUT2D eigenvalue weighted by Gasteiger charge is 2.19. The molecule has 1 unspecified atom stereocenters. The van der Waals surface area contributed by atoms with Crippen LogP contribution in [-0.4, -0.2) is 18.0 Å². The number of primary amides is 1. The maximum atomic E-state index is 11.9. The van der Waals surface area contributed by atoms with Gasteiger partial charge in [-0.25, -0.2) is 4.79 Å². The fourth-order valence-electron chi connectivity index (χ4n) is 1.55. The molecule has 0 bridgehead atoms. The van der Waals surface area contributed by atoms with E-state index in [0.29, 0.717) is 11.4 Å². The highest BCUT2D eigenvalue weighted by molar-refractivity contribution is 5.96. The minimum absolute atomic E-state index is 0.104. The summed E-state index contributed by atoms with van der Waals surface area (Å²) < 4.78 is 0. The average Bonchev–Trinajstić information content (AvgIpc) is 2.36. The highest BCUT2D eigenvalue weighted by Crippen LogP contribution is 2.16.